The van der Waals surface area contributed by atoms with Gasteiger partial charge in [0.15, 0.2) is 0 Å². The summed E-state index contributed by atoms with van der Waals surface area (Å²) in [5, 5.41) is 0. The Morgan fingerprint density at radius 1 is 1.55 bits per heavy atom. The van der Waals surface area contributed by atoms with Gasteiger partial charge < -0.3 is 0 Å². The summed E-state index contributed by atoms with van der Waals surface area (Å²) in [4.78, 5) is 14.8. The Hall–Kier alpha value is -1.44. The molecule has 0 aromatic heterocycles. The summed E-state index contributed by atoms with van der Waals surface area (Å²) >= 11 is 0. The van der Waals surface area contributed by atoms with Gasteiger partial charge in [-0.15, -0.1) is 0 Å². The Morgan fingerprint density at radius 2 is 2.45 bits per heavy atom. The fraction of sp³-hybridized carbons (Fsp3) is 0.111. The molecule has 1 aromatic carbocycles. The molecule has 2 nitrogen and oxygen atoms in total. The number of hydrogen-bond donors (Lipinski definition) is 0. The van der Waals surface area contributed by atoms with Gasteiger partial charge in [-0.1, -0.05) is 12.1 Å². The van der Waals surface area contributed by atoms with E-state index < -0.39 is 0 Å². The maximum atomic E-state index is 11.1. The van der Waals surface area contributed by atoms with E-state index in [1.165, 1.54) is 0 Å². The van der Waals surface area contributed by atoms with Crippen molar-refractivity contribution in [2.45, 2.75) is 6.42 Å². The third kappa shape index (κ3) is 0.963. The van der Waals surface area contributed by atoms with Crippen molar-refractivity contribution in [1.82, 2.24) is 0 Å². The summed E-state index contributed by atoms with van der Waals surface area (Å²) < 4.78 is 0. The van der Waals surface area contributed by atoms with Crippen molar-refractivity contribution in [2.24, 2.45) is 4.99 Å². The second-order valence-electron chi connectivity index (χ2n) is 2.38. The average Bonchev–Trinajstić information content (AvgIpc) is 2.06. The molecule has 0 fully saturated rings. The fourth-order valence-electron chi connectivity index (χ4n) is 1.13. The van der Waals surface area contributed by atoms with Crippen LogP contribution in [0.2, 0.25) is 0 Å². The molecule has 1 amide bonds. The first-order valence-electron chi connectivity index (χ1n) is 3.44. The van der Waals surface area contributed by atoms with Crippen LogP contribution in [-0.2, 0) is 6.42 Å². The van der Waals surface area contributed by atoms with Gasteiger partial charge in [0.25, 0.3) is 5.91 Å². The summed E-state index contributed by atoms with van der Waals surface area (Å²) in [7, 11) is 0. The lowest BCUT2D eigenvalue weighted by Crippen LogP contribution is -2.07. The number of amides is 1. The number of benzene rings is 1. The highest BCUT2D eigenvalue weighted by Crippen LogP contribution is 2.12. The van der Waals surface area contributed by atoms with Crippen LogP contribution < -0.4 is 0 Å². The number of rotatable bonds is 0. The second kappa shape index (κ2) is 2.31. The second-order valence-corrected chi connectivity index (χ2v) is 2.38. The zero-order valence-electron chi connectivity index (χ0n) is 5.87. The minimum atomic E-state index is -0.150. The quantitative estimate of drug-likeness (QED) is 0.539. The molecule has 1 aliphatic heterocycles. The highest BCUT2D eigenvalue weighted by Gasteiger charge is 2.11. The van der Waals surface area contributed by atoms with Gasteiger partial charge in [-0.05, 0) is 17.7 Å². The monoisotopic (exact) mass is 144 g/mol. The van der Waals surface area contributed by atoms with E-state index in [0.717, 1.165) is 12.0 Å². The summed E-state index contributed by atoms with van der Waals surface area (Å²) in [6, 6.07) is 8.40. The van der Waals surface area contributed by atoms with E-state index in [1.54, 1.807) is 18.3 Å². The Morgan fingerprint density at radius 3 is 3.27 bits per heavy atom. The van der Waals surface area contributed by atoms with E-state index in [2.05, 4.69) is 11.1 Å². The highest BCUT2D eigenvalue weighted by molar-refractivity contribution is 6.03. The third-order valence-electron chi connectivity index (χ3n) is 1.68. The summed E-state index contributed by atoms with van der Waals surface area (Å²) in [5.74, 6) is -0.150. The van der Waals surface area contributed by atoms with Gasteiger partial charge in [0.1, 0.15) is 0 Å². The van der Waals surface area contributed by atoms with Crippen molar-refractivity contribution in [3.63, 3.8) is 0 Å². The van der Waals surface area contributed by atoms with Gasteiger partial charge >= 0.3 is 0 Å². The molecular weight excluding hydrogens is 138 g/mol. The lowest BCUT2D eigenvalue weighted by atomic mass is 10.0. The minimum Gasteiger partial charge on any atom is -0.267 e. The smallest absolute Gasteiger partial charge is 0.267 e. The largest absolute Gasteiger partial charge is 0.276 e. The first kappa shape index (κ1) is 6.28. The molecule has 0 saturated carbocycles. The average molecular weight is 144 g/mol. The highest BCUT2D eigenvalue weighted by atomic mass is 16.1. The molecule has 1 aromatic rings. The predicted molar refractivity (Wildman–Crippen MR) is 41.8 cm³/mol. The van der Waals surface area contributed by atoms with E-state index in [0.29, 0.717) is 5.56 Å². The standard InChI is InChI=1S/C9H6NO/c11-9-8-4-2-1-3-7(8)5-6-10-9/h1-2,4,6H,5H2. The summed E-state index contributed by atoms with van der Waals surface area (Å²) in [5.41, 5.74) is 1.64. The lowest BCUT2D eigenvalue weighted by molar-refractivity contribution is 0.100. The molecule has 2 heteroatoms. The summed E-state index contributed by atoms with van der Waals surface area (Å²) in [6.07, 6.45) is 2.35. The van der Waals surface area contributed by atoms with Crippen LogP contribution in [0.3, 0.4) is 0 Å². The van der Waals surface area contributed by atoms with Crippen molar-refractivity contribution in [1.29, 1.82) is 0 Å². The van der Waals surface area contributed by atoms with E-state index >= 15 is 0 Å². The van der Waals surface area contributed by atoms with Gasteiger partial charge in [0.05, 0.1) is 0 Å². The molecule has 0 aliphatic carbocycles. The molecule has 0 bridgehead atoms. The Bertz CT molecular complexity index is 328. The molecule has 0 atom stereocenters. The van der Waals surface area contributed by atoms with Crippen molar-refractivity contribution in [2.75, 3.05) is 0 Å². The first-order valence-corrected chi connectivity index (χ1v) is 3.44. The number of carbonyl (C=O) groups excluding carboxylic acids is 1. The van der Waals surface area contributed by atoms with E-state index in [9.17, 15) is 4.79 Å². The van der Waals surface area contributed by atoms with Crippen molar-refractivity contribution < 1.29 is 4.79 Å². The molecule has 1 aliphatic rings. The number of fused-ring (bicyclic) bond motifs is 1. The maximum absolute atomic E-state index is 11.1. The van der Waals surface area contributed by atoms with Gasteiger partial charge in [0.2, 0.25) is 0 Å². The Kier molecular flexibility index (Phi) is 1.32. The zero-order chi connectivity index (χ0) is 7.68. The van der Waals surface area contributed by atoms with Gasteiger partial charge in [0, 0.05) is 18.2 Å². The number of aliphatic imine (C=N–C) groups is 1. The normalized spacial score (nSPS) is 14.7. The van der Waals surface area contributed by atoms with E-state index in [1.807, 2.05) is 6.07 Å². The molecule has 11 heavy (non-hydrogen) atoms. The minimum absolute atomic E-state index is 0.150. The van der Waals surface area contributed by atoms with E-state index in [-0.39, 0.29) is 5.91 Å². The molecule has 53 valence electrons. The number of carbonyl (C=O) groups is 1. The van der Waals surface area contributed by atoms with Crippen molar-refractivity contribution >= 4 is 12.1 Å². The van der Waals surface area contributed by atoms with Gasteiger partial charge in [-0.25, -0.2) is 4.99 Å². The number of nitrogens with zero attached hydrogens (tertiary/aromatic N) is 1. The SMILES string of the molecule is O=C1N=CCc2[c]cccc21. The summed E-state index contributed by atoms with van der Waals surface area (Å²) in [6.45, 7) is 0. The van der Waals surface area contributed by atoms with Crippen LogP contribution in [0.1, 0.15) is 15.9 Å². The Balaban J connectivity index is 2.59. The fourth-order valence-corrected chi connectivity index (χ4v) is 1.13. The van der Waals surface area contributed by atoms with Crippen LogP contribution in [0.5, 0.6) is 0 Å². The van der Waals surface area contributed by atoms with Crippen LogP contribution in [0, 0.1) is 6.07 Å². The van der Waals surface area contributed by atoms with E-state index in [4.69, 9.17) is 0 Å². The molecule has 0 spiro atoms. The van der Waals surface area contributed by atoms with Gasteiger partial charge in [-0.3, -0.25) is 4.79 Å². The van der Waals surface area contributed by atoms with Crippen LogP contribution >= 0.6 is 0 Å². The predicted octanol–water partition coefficient (Wildman–Crippen LogP) is 1.25. The van der Waals surface area contributed by atoms with Crippen LogP contribution in [0.15, 0.2) is 23.2 Å². The topological polar surface area (TPSA) is 29.4 Å². The van der Waals surface area contributed by atoms with Crippen LogP contribution in [0.4, 0.5) is 0 Å². The van der Waals surface area contributed by atoms with Crippen LogP contribution in [-0.4, -0.2) is 12.1 Å². The van der Waals surface area contributed by atoms with Crippen molar-refractivity contribution in [3.05, 3.63) is 35.4 Å². The Labute approximate surface area is 64.6 Å². The number of hydrogen-bond acceptors (Lipinski definition) is 1. The van der Waals surface area contributed by atoms with Crippen molar-refractivity contribution in [3.8, 4) is 0 Å². The zero-order valence-corrected chi connectivity index (χ0v) is 5.87. The molecular formula is C9H6NO. The molecule has 0 saturated heterocycles. The first-order chi connectivity index (χ1) is 5.38. The molecule has 1 heterocycles. The third-order valence-corrected chi connectivity index (χ3v) is 1.68. The molecule has 0 N–H and O–H groups in total. The molecule has 2 rings (SSSR count). The van der Waals surface area contributed by atoms with Crippen LogP contribution in [0.25, 0.3) is 0 Å². The molecule has 0 unspecified atom stereocenters. The molecule has 1 radical (unpaired) electrons. The lowest BCUT2D eigenvalue weighted by Gasteiger charge is -2.06. The maximum Gasteiger partial charge on any atom is 0.276 e. The van der Waals surface area contributed by atoms with Gasteiger partial charge in [-0.2, -0.15) is 0 Å².